The molecule has 0 spiro atoms. The molecule has 2 aromatic rings. The molecule has 1 heterocycles. The molecule has 0 radical (unpaired) electrons. The Labute approximate surface area is 104 Å². The molecular formula is C11H11Cl2N3. The monoisotopic (exact) mass is 255 g/mol. The van der Waals surface area contributed by atoms with E-state index in [0.717, 1.165) is 11.5 Å². The van der Waals surface area contributed by atoms with Gasteiger partial charge in [-0.15, -0.1) is 0 Å². The summed E-state index contributed by atoms with van der Waals surface area (Å²) in [6, 6.07) is 5.36. The molecule has 0 saturated carbocycles. The van der Waals surface area contributed by atoms with Crippen molar-refractivity contribution in [2.45, 2.75) is 6.54 Å². The van der Waals surface area contributed by atoms with Gasteiger partial charge in [0.15, 0.2) is 0 Å². The topological polar surface area (TPSA) is 29.9 Å². The highest BCUT2D eigenvalue weighted by Crippen LogP contribution is 2.22. The Balaban J connectivity index is 2.07. The molecule has 0 bridgehead atoms. The van der Waals surface area contributed by atoms with Gasteiger partial charge in [-0.2, -0.15) is 0 Å². The first-order valence-corrected chi connectivity index (χ1v) is 5.57. The molecule has 0 unspecified atom stereocenters. The van der Waals surface area contributed by atoms with Crippen LogP contribution in [0.2, 0.25) is 10.0 Å². The first-order valence-electron chi connectivity index (χ1n) is 4.81. The Kier molecular flexibility index (Phi) is 3.36. The summed E-state index contributed by atoms with van der Waals surface area (Å²) < 4.78 is 1.96. The van der Waals surface area contributed by atoms with Crippen LogP contribution in [0.5, 0.6) is 0 Å². The van der Waals surface area contributed by atoms with Crippen LogP contribution in [0.15, 0.2) is 30.6 Å². The summed E-state index contributed by atoms with van der Waals surface area (Å²) in [6.07, 6.45) is 3.67. The van der Waals surface area contributed by atoms with Crippen LogP contribution in [-0.4, -0.2) is 9.55 Å². The van der Waals surface area contributed by atoms with Crippen LogP contribution in [0.25, 0.3) is 0 Å². The number of nitrogens with one attached hydrogen (secondary N) is 1. The predicted octanol–water partition coefficient (Wildman–Crippen LogP) is 3.34. The van der Waals surface area contributed by atoms with Crippen molar-refractivity contribution in [3.63, 3.8) is 0 Å². The van der Waals surface area contributed by atoms with Crippen LogP contribution in [0.3, 0.4) is 0 Å². The molecule has 84 valence electrons. The minimum Gasteiger partial charge on any atom is -0.378 e. The van der Waals surface area contributed by atoms with Gasteiger partial charge in [-0.1, -0.05) is 23.2 Å². The largest absolute Gasteiger partial charge is 0.378 e. The number of anilines is 1. The van der Waals surface area contributed by atoms with Crippen molar-refractivity contribution >= 4 is 28.9 Å². The van der Waals surface area contributed by atoms with E-state index in [2.05, 4.69) is 10.3 Å². The summed E-state index contributed by atoms with van der Waals surface area (Å²) in [5.74, 6) is 0.955. The second-order valence-corrected chi connectivity index (χ2v) is 4.34. The van der Waals surface area contributed by atoms with Crippen molar-refractivity contribution in [1.82, 2.24) is 9.55 Å². The van der Waals surface area contributed by atoms with Gasteiger partial charge in [0.2, 0.25) is 0 Å². The molecule has 0 aliphatic rings. The molecule has 0 amide bonds. The van der Waals surface area contributed by atoms with Crippen LogP contribution in [0, 0.1) is 0 Å². The number of imidazole rings is 1. The van der Waals surface area contributed by atoms with Crippen molar-refractivity contribution in [1.29, 1.82) is 0 Å². The molecule has 1 N–H and O–H groups in total. The molecule has 0 fully saturated rings. The van der Waals surface area contributed by atoms with Gasteiger partial charge in [0, 0.05) is 35.2 Å². The second-order valence-electron chi connectivity index (χ2n) is 3.47. The number of aryl methyl sites for hydroxylation is 1. The zero-order valence-corrected chi connectivity index (χ0v) is 10.3. The Morgan fingerprint density at radius 1 is 1.25 bits per heavy atom. The SMILES string of the molecule is Cn1ccnc1CNc1cc(Cl)cc(Cl)c1. The average molecular weight is 256 g/mol. The van der Waals surface area contributed by atoms with Crippen molar-refractivity contribution in [2.75, 3.05) is 5.32 Å². The Morgan fingerprint density at radius 2 is 1.94 bits per heavy atom. The molecule has 2 rings (SSSR count). The molecule has 3 nitrogen and oxygen atoms in total. The summed E-state index contributed by atoms with van der Waals surface area (Å²) >= 11 is 11.8. The van der Waals surface area contributed by atoms with Crippen molar-refractivity contribution in [3.8, 4) is 0 Å². The number of benzene rings is 1. The van der Waals surface area contributed by atoms with E-state index >= 15 is 0 Å². The zero-order valence-electron chi connectivity index (χ0n) is 8.74. The minimum atomic E-state index is 0.620. The molecule has 1 aromatic heterocycles. The first kappa shape index (κ1) is 11.3. The van der Waals surface area contributed by atoms with Crippen LogP contribution in [0.1, 0.15) is 5.82 Å². The van der Waals surface area contributed by atoms with Gasteiger partial charge in [0.1, 0.15) is 5.82 Å². The molecule has 0 atom stereocenters. The Hall–Kier alpha value is -1.19. The standard InChI is InChI=1S/C11H11Cl2N3/c1-16-3-2-14-11(16)7-15-10-5-8(12)4-9(13)6-10/h2-6,15H,7H2,1H3. The van der Waals surface area contributed by atoms with Crippen LogP contribution in [-0.2, 0) is 13.6 Å². The van der Waals surface area contributed by atoms with Crippen LogP contribution >= 0.6 is 23.2 Å². The lowest BCUT2D eigenvalue weighted by atomic mass is 10.3. The summed E-state index contributed by atoms with van der Waals surface area (Å²) in [7, 11) is 1.95. The number of halogens is 2. The van der Waals surface area contributed by atoms with Crippen LogP contribution in [0.4, 0.5) is 5.69 Å². The van der Waals surface area contributed by atoms with Gasteiger partial charge in [0.25, 0.3) is 0 Å². The lowest BCUT2D eigenvalue weighted by molar-refractivity contribution is 0.813. The fourth-order valence-corrected chi connectivity index (χ4v) is 1.93. The van der Waals surface area contributed by atoms with Crippen molar-refractivity contribution in [2.24, 2.45) is 7.05 Å². The van der Waals surface area contributed by atoms with E-state index in [9.17, 15) is 0 Å². The average Bonchev–Trinajstić information content (AvgIpc) is 2.59. The molecule has 0 saturated heterocycles. The minimum absolute atomic E-state index is 0.620. The van der Waals surface area contributed by atoms with Gasteiger partial charge in [-0.25, -0.2) is 4.98 Å². The van der Waals surface area contributed by atoms with Gasteiger partial charge in [-0.05, 0) is 18.2 Å². The van der Waals surface area contributed by atoms with E-state index < -0.39 is 0 Å². The molecular weight excluding hydrogens is 245 g/mol. The second kappa shape index (κ2) is 4.76. The molecule has 0 aliphatic heterocycles. The normalized spacial score (nSPS) is 10.4. The van der Waals surface area contributed by atoms with E-state index in [-0.39, 0.29) is 0 Å². The maximum absolute atomic E-state index is 5.90. The third kappa shape index (κ3) is 2.68. The highest BCUT2D eigenvalue weighted by atomic mass is 35.5. The van der Waals surface area contributed by atoms with E-state index in [1.54, 1.807) is 12.3 Å². The smallest absolute Gasteiger partial charge is 0.127 e. The van der Waals surface area contributed by atoms with Gasteiger partial charge in [-0.3, -0.25) is 0 Å². The zero-order chi connectivity index (χ0) is 11.5. The van der Waals surface area contributed by atoms with Gasteiger partial charge >= 0.3 is 0 Å². The fraction of sp³-hybridized carbons (Fsp3) is 0.182. The third-order valence-electron chi connectivity index (χ3n) is 2.23. The lowest BCUT2D eigenvalue weighted by Gasteiger charge is -2.07. The fourth-order valence-electron chi connectivity index (χ4n) is 1.40. The van der Waals surface area contributed by atoms with Crippen LogP contribution < -0.4 is 5.32 Å². The number of aromatic nitrogens is 2. The van der Waals surface area contributed by atoms with E-state index in [1.165, 1.54) is 0 Å². The molecule has 5 heteroatoms. The van der Waals surface area contributed by atoms with Crippen molar-refractivity contribution < 1.29 is 0 Å². The van der Waals surface area contributed by atoms with Gasteiger partial charge in [0.05, 0.1) is 6.54 Å². The van der Waals surface area contributed by atoms with Gasteiger partial charge < -0.3 is 9.88 Å². The maximum Gasteiger partial charge on any atom is 0.127 e. The number of hydrogen-bond donors (Lipinski definition) is 1. The molecule has 0 aliphatic carbocycles. The highest BCUT2D eigenvalue weighted by molar-refractivity contribution is 6.35. The molecule has 16 heavy (non-hydrogen) atoms. The Morgan fingerprint density at radius 3 is 2.50 bits per heavy atom. The lowest BCUT2D eigenvalue weighted by Crippen LogP contribution is -2.05. The quantitative estimate of drug-likeness (QED) is 0.912. The van der Waals surface area contributed by atoms with E-state index in [4.69, 9.17) is 23.2 Å². The number of rotatable bonds is 3. The Bertz CT molecular complexity index is 473. The summed E-state index contributed by atoms with van der Waals surface area (Å²) in [5, 5.41) is 4.46. The number of hydrogen-bond acceptors (Lipinski definition) is 2. The summed E-state index contributed by atoms with van der Waals surface area (Å²) in [4.78, 5) is 4.21. The number of nitrogens with zero attached hydrogens (tertiary/aromatic N) is 2. The van der Waals surface area contributed by atoms with E-state index in [0.29, 0.717) is 16.6 Å². The summed E-state index contributed by atoms with van der Waals surface area (Å²) in [5.41, 5.74) is 0.889. The predicted molar refractivity (Wildman–Crippen MR) is 67.0 cm³/mol. The van der Waals surface area contributed by atoms with Crippen molar-refractivity contribution in [3.05, 3.63) is 46.5 Å². The maximum atomic E-state index is 5.90. The molecule has 1 aromatic carbocycles. The third-order valence-corrected chi connectivity index (χ3v) is 2.67. The summed E-state index contributed by atoms with van der Waals surface area (Å²) in [6.45, 7) is 0.639. The highest BCUT2D eigenvalue weighted by Gasteiger charge is 2.01. The van der Waals surface area contributed by atoms with E-state index in [1.807, 2.05) is 29.9 Å². The first-order chi connectivity index (χ1) is 7.65.